The van der Waals surface area contributed by atoms with Gasteiger partial charge in [-0.2, -0.15) is 0 Å². The van der Waals surface area contributed by atoms with Crippen LogP contribution in [-0.2, 0) is 11.3 Å². The molecular formula is C18H26N2O5. The Morgan fingerprint density at radius 3 is 2.48 bits per heavy atom. The lowest BCUT2D eigenvalue weighted by molar-refractivity contribution is -0.0115. The van der Waals surface area contributed by atoms with Gasteiger partial charge in [-0.1, -0.05) is 6.07 Å². The molecule has 0 saturated carbocycles. The first-order valence-corrected chi connectivity index (χ1v) is 8.46. The Kier molecular flexibility index (Phi) is 4.94. The smallest absolute Gasteiger partial charge is 0.410 e. The van der Waals surface area contributed by atoms with E-state index in [0.29, 0.717) is 30.3 Å². The van der Waals surface area contributed by atoms with Crippen molar-refractivity contribution >= 4 is 6.09 Å². The molecule has 7 nitrogen and oxygen atoms in total. The molecule has 1 amide bonds. The van der Waals surface area contributed by atoms with Crippen molar-refractivity contribution in [2.24, 2.45) is 0 Å². The van der Waals surface area contributed by atoms with Crippen LogP contribution in [0.4, 0.5) is 4.79 Å². The number of ether oxygens (including phenoxy) is 4. The number of amides is 1. The van der Waals surface area contributed by atoms with E-state index in [1.54, 1.807) is 33.3 Å². The molecule has 0 bridgehead atoms. The number of carbonyl (C=O) groups is 1. The monoisotopic (exact) mass is 350 g/mol. The highest BCUT2D eigenvalue weighted by molar-refractivity contribution is 5.70. The Morgan fingerprint density at radius 1 is 1.12 bits per heavy atom. The lowest BCUT2D eigenvalue weighted by atomic mass is 9.92. The van der Waals surface area contributed by atoms with Gasteiger partial charge in [0.25, 0.3) is 0 Å². The largest absolute Gasteiger partial charge is 0.493 e. The summed E-state index contributed by atoms with van der Waals surface area (Å²) in [4.78, 5) is 15.8. The minimum atomic E-state index is -0.395. The molecule has 0 aromatic heterocycles. The zero-order valence-corrected chi connectivity index (χ0v) is 15.3. The maximum absolute atomic E-state index is 11.8. The first kappa shape index (κ1) is 17.7. The molecule has 0 unspecified atom stereocenters. The van der Waals surface area contributed by atoms with E-state index in [1.165, 1.54) is 0 Å². The molecule has 1 aromatic rings. The van der Waals surface area contributed by atoms with Crippen molar-refractivity contribution in [3.63, 3.8) is 0 Å². The molecule has 2 saturated heterocycles. The first-order valence-electron chi connectivity index (χ1n) is 8.46. The van der Waals surface area contributed by atoms with Crippen molar-refractivity contribution < 1.29 is 23.7 Å². The average molecular weight is 350 g/mol. The highest BCUT2D eigenvalue weighted by Gasteiger charge is 2.46. The van der Waals surface area contributed by atoms with E-state index in [4.69, 9.17) is 18.9 Å². The van der Waals surface area contributed by atoms with Gasteiger partial charge in [0, 0.05) is 25.7 Å². The lowest BCUT2D eigenvalue weighted by Gasteiger charge is -2.38. The SMILES string of the molecule is COc1ccc(CN2CCC[C@@]3(C2)CN(C)C(=O)O3)c(OC)c1OC. The summed E-state index contributed by atoms with van der Waals surface area (Å²) in [6.45, 7) is 3.03. The number of likely N-dealkylation sites (N-methyl/N-ethyl adjacent to an activating group) is 1. The molecule has 2 heterocycles. The van der Waals surface area contributed by atoms with Gasteiger partial charge in [-0.05, 0) is 25.5 Å². The number of hydrogen-bond donors (Lipinski definition) is 0. The second-order valence-electron chi connectivity index (χ2n) is 6.71. The summed E-state index contributed by atoms with van der Waals surface area (Å²) < 4.78 is 22.1. The van der Waals surface area contributed by atoms with Crippen LogP contribution >= 0.6 is 0 Å². The van der Waals surface area contributed by atoms with Crippen LogP contribution in [0.15, 0.2) is 12.1 Å². The number of benzene rings is 1. The Morgan fingerprint density at radius 2 is 1.88 bits per heavy atom. The van der Waals surface area contributed by atoms with Crippen LogP contribution in [0.25, 0.3) is 0 Å². The molecule has 7 heteroatoms. The van der Waals surface area contributed by atoms with Crippen molar-refractivity contribution in [2.45, 2.75) is 25.0 Å². The third-order valence-electron chi connectivity index (χ3n) is 4.94. The van der Waals surface area contributed by atoms with Crippen LogP contribution in [-0.4, -0.2) is 69.5 Å². The van der Waals surface area contributed by atoms with E-state index in [2.05, 4.69) is 4.90 Å². The van der Waals surface area contributed by atoms with Crippen LogP contribution < -0.4 is 14.2 Å². The Labute approximate surface area is 148 Å². The first-order chi connectivity index (χ1) is 12.0. The average Bonchev–Trinajstić information content (AvgIpc) is 2.87. The van der Waals surface area contributed by atoms with E-state index in [0.717, 1.165) is 31.5 Å². The fourth-order valence-electron chi connectivity index (χ4n) is 3.86. The fourth-order valence-corrected chi connectivity index (χ4v) is 3.86. The Bertz CT molecular complexity index is 651. The van der Waals surface area contributed by atoms with Crippen molar-refractivity contribution in [1.82, 2.24) is 9.80 Å². The molecule has 0 radical (unpaired) electrons. The Balaban J connectivity index is 1.79. The zero-order valence-electron chi connectivity index (χ0n) is 15.3. The van der Waals surface area contributed by atoms with E-state index in [9.17, 15) is 4.79 Å². The second-order valence-corrected chi connectivity index (χ2v) is 6.71. The molecule has 2 aliphatic rings. The summed E-state index contributed by atoms with van der Waals surface area (Å²) in [5.74, 6) is 1.92. The molecule has 3 rings (SSSR count). The fraction of sp³-hybridized carbons (Fsp3) is 0.611. The van der Waals surface area contributed by atoms with Gasteiger partial charge in [0.2, 0.25) is 5.75 Å². The van der Waals surface area contributed by atoms with E-state index < -0.39 is 5.60 Å². The number of piperidine rings is 1. The third-order valence-corrected chi connectivity index (χ3v) is 4.94. The number of nitrogens with zero attached hydrogens (tertiary/aromatic N) is 2. The minimum Gasteiger partial charge on any atom is -0.493 e. The summed E-state index contributed by atoms with van der Waals surface area (Å²) in [6.07, 6.45) is 1.67. The van der Waals surface area contributed by atoms with Crippen LogP contribution in [0.1, 0.15) is 18.4 Å². The summed E-state index contributed by atoms with van der Waals surface area (Å²) >= 11 is 0. The predicted octanol–water partition coefficient (Wildman–Crippen LogP) is 2.13. The van der Waals surface area contributed by atoms with E-state index >= 15 is 0 Å². The standard InChI is InChI=1S/C18H26N2O5/c1-19-11-18(25-17(19)21)8-5-9-20(12-18)10-13-6-7-14(22-2)16(24-4)15(13)23-3/h6-7H,5,8-12H2,1-4H3/t18-/m0/s1. The number of rotatable bonds is 5. The highest BCUT2D eigenvalue weighted by Crippen LogP contribution is 2.41. The van der Waals surface area contributed by atoms with Gasteiger partial charge < -0.3 is 23.8 Å². The number of methoxy groups -OCH3 is 3. The molecule has 1 aromatic carbocycles. The van der Waals surface area contributed by atoms with Gasteiger partial charge in [-0.15, -0.1) is 0 Å². The Hall–Kier alpha value is -2.15. The molecule has 25 heavy (non-hydrogen) atoms. The normalized spacial score (nSPS) is 23.7. The summed E-state index contributed by atoms with van der Waals surface area (Å²) in [6, 6.07) is 3.88. The molecule has 2 aliphatic heterocycles. The van der Waals surface area contributed by atoms with Crippen LogP contribution in [0.5, 0.6) is 17.2 Å². The maximum atomic E-state index is 11.8. The van der Waals surface area contributed by atoms with Crippen molar-refractivity contribution in [3.05, 3.63) is 17.7 Å². The van der Waals surface area contributed by atoms with Crippen molar-refractivity contribution in [3.8, 4) is 17.2 Å². The number of hydrogen-bond acceptors (Lipinski definition) is 6. The van der Waals surface area contributed by atoms with Gasteiger partial charge in [0.1, 0.15) is 5.60 Å². The maximum Gasteiger partial charge on any atom is 0.410 e. The molecule has 0 N–H and O–H groups in total. The summed E-state index contributed by atoms with van der Waals surface area (Å²) in [7, 11) is 6.63. The highest BCUT2D eigenvalue weighted by atomic mass is 16.6. The third kappa shape index (κ3) is 3.33. The van der Waals surface area contributed by atoms with Crippen molar-refractivity contribution in [2.75, 3.05) is 48.0 Å². The second kappa shape index (κ2) is 7.00. The van der Waals surface area contributed by atoms with Crippen LogP contribution in [0.2, 0.25) is 0 Å². The summed E-state index contributed by atoms with van der Waals surface area (Å²) in [5, 5.41) is 0. The molecule has 2 fully saturated rings. The summed E-state index contributed by atoms with van der Waals surface area (Å²) in [5.41, 5.74) is 0.628. The molecule has 0 aliphatic carbocycles. The van der Waals surface area contributed by atoms with Gasteiger partial charge in [-0.3, -0.25) is 4.90 Å². The number of carbonyl (C=O) groups excluding carboxylic acids is 1. The molecule has 1 atom stereocenters. The van der Waals surface area contributed by atoms with Crippen molar-refractivity contribution in [1.29, 1.82) is 0 Å². The molecule has 138 valence electrons. The zero-order chi connectivity index (χ0) is 18.0. The van der Waals surface area contributed by atoms with Gasteiger partial charge in [-0.25, -0.2) is 4.79 Å². The van der Waals surface area contributed by atoms with Gasteiger partial charge >= 0.3 is 6.09 Å². The minimum absolute atomic E-state index is 0.231. The van der Waals surface area contributed by atoms with E-state index in [1.807, 2.05) is 12.1 Å². The van der Waals surface area contributed by atoms with E-state index in [-0.39, 0.29) is 6.09 Å². The quantitative estimate of drug-likeness (QED) is 0.811. The van der Waals surface area contributed by atoms with Crippen LogP contribution in [0.3, 0.4) is 0 Å². The number of likely N-dealkylation sites (tertiary alicyclic amines) is 1. The lowest BCUT2D eigenvalue weighted by Crippen LogP contribution is -2.50. The van der Waals surface area contributed by atoms with Gasteiger partial charge in [0.05, 0.1) is 27.9 Å². The molecular weight excluding hydrogens is 324 g/mol. The predicted molar refractivity (Wildman–Crippen MR) is 92.5 cm³/mol. The topological polar surface area (TPSA) is 60.5 Å². The van der Waals surface area contributed by atoms with Crippen LogP contribution in [0, 0.1) is 0 Å². The molecule has 1 spiro atoms. The van der Waals surface area contributed by atoms with Gasteiger partial charge in [0.15, 0.2) is 11.5 Å².